The second-order valence-corrected chi connectivity index (χ2v) is 4.67. The zero-order valence-electron chi connectivity index (χ0n) is 10.6. The molecule has 0 radical (unpaired) electrons. The van der Waals surface area contributed by atoms with Crippen molar-refractivity contribution in [3.05, 3.63) is 0 Å². The lowest BCUT2D eigenvalue weighted by Crippen LogP contribution is -2.69. The smallest absolute Gasteiger partial charge is 0.286 e. The predicted octanol–water partition coefficient (Wildman–Crippen LogP) is -5.07. The van der Waals surface area contributed by atoms with Crippen molar-refractivity contribution >= 4 is 6.29 Å². The van der Waals surface area contributed by atoms with Gasteiger partial charge in [0.25, 0.3) is 5.79 Å². The predicted molar refractivity (Wildman–Crippen MR) is 60.5 cm³/mol. The van der Waals surface area contributed by atoms with Gasteiger partial charge in [0.1, 0.15) is 42.7 Å². The number of hydrogen-bond donors (Lipinski definition) is 8. The highest BCUT2D eigenvalue weighted by Gasteiger charge is 2.58. The van der Waals surface area contributed by atoms with Crippen LogP contribution in [0.25, 0.3) is 0 Å². The standard InChI is InChI=1S/C10H18O11/c11-1-3(13)4(14)5(15)8-6(16)7(17)9(18)10(2-12,20-8)21-19/h2-9,11,13-19H,1H2. The van der Waals surface area contributed by atoms with Gasteiger partial charge in [-0.2, -0.15) is 4.89 Å². The van der Waals surface area contributed by atoms with Crippen LogP contribution in [-0.4, -0.2) is 102 Å². The van der Waals surface area contributed by atoms with Gasteiger partial charge in [0.2, 0.25) is 0 Å². The summed E-state index contributed by atoms with van der Waals surface area (Å²) in [4.78, 5) is 14.6. The minimum Gasteiger partial charge on any atom is -0.394 e. The summed E-state index contributed by atoms with van der Waals surface area (Å²) < 4.78 is 4.74. The van der Waals surface area contributed by atoms with Crippen LogP contribution in [0, 0.1) is 0 Å². The van der Waals surface area contributed by atoms with E-state index < -0.39 is 55.1 Å². The Bertz CT molecular complexity index is 352. The molecule has 0 aromatic carbocycles. The van der Waals surface area contributed by atoms with E-state index in [0.717, 1.165) is 0 Å². The van der Waals surface area contributed by atoms with Gasteiger partial charge in [0, 0.05) is 0 Å². The summed E-state index contributed by atoms with van der Waals surface area (Å²) >= 11 is 0. The van der Waals surface area contributed by atoms with E-state index in [1.54, 1.807) is 0 Å². The summed E-state index contributed by atoms with van der Waals surface area (Å²) in [6, 6.07) is 0. The Kier molecular flexibility index (Phi) is 6.12. The molecule has 1 fully saturated rings. The fourth-order valence-corrected chi connectivity index (χ4v) is 1.97. The van der Waals surface area contributed by atoms with Crippen molar-refractivity contribution < 1.29 is 55.4 Å². The van der Waals surface area contributed by atoms with Gasteiger partial charge in [0.15, 0.2) is 6.29 Å². The minimum absolute atomic E-state index is 0.221. The normalized spacial score (nSPS) is 41.3. The molecule has 124 valence electrons. The third-order valence-electron chi connectivity index (χ3n) is 3.32. The summed E-state index contributed by atoms with van der Waals surface area (Å²) in [6.07, 6.45) is -14.3. The molecule has 1 aliphatic heterocycles. The number of rotatable bonds is 6. The van der Waals surface area contributed by atoms with Crippen molar-refractivity contribution in [2.75, 3.05) is 6.61 Å². The Labute approximate surface area is 118 Å². The molecule has 8 atom stereocenters. The molecule has 0 bridgehead atoms. The summed E-state index contributed by atoms with van der Waals surface area (Å²) in [6.45, 7) is -0.929. The molecule has 0 aliphatic carbocycles. The molecule has 0 saturated carbocycles. The molecule has 8 unspecified atom stereocenters. The number of aliphatic hydroxyl groups excluding tert-OH is 7. The summed E-state index contributed by atoms with van der Waals surface area (Å²) in [5.74, 6) is -2.80. The first kappa shape index (κ1) is 18.3. The molecule has 11 nitrogen and oxygen atoms in total. The van der Waals surface area contributed by atoms with Gasteiger partial charge in [-0.25, -0.2) is 5.26 Å². The van der Waals surface area contributed by atoms with Gasteiger partial charge in [-0.05, 0) is 0 Å². The first-order chi connectivity index (χ1) is 9.75. The Morgan fingerprint density at radius 3 is 2.19 bits per heavy atom. The number of ether oxygens (including phenoxy) is 1. The SMILES string of the molecule is O=CC1(OO)OC(C(O)C(O)C(O)CO)C(O)C(O)C1O. The molecule has 1 heterocycles. The van der Waals surface area contributed by atoms with Crippen LogP contribution >= 0.6 is 0 Å². The summed E-state index contributed by atoms with van der Waals surface area (Å²) in [5.41, 5.74) is 0. The van der Waals surface area contributed by atoms with Crippen molar-refractivity contribution in [1.29, 1.82) is 0 Å². The monoisotopic (exact) mass is 314 g/mol. The maximum atomic E-state index is 10.9. The average Bonchev–Trinajstić information content (AvgIpc) is 2.51. The van der Waals surface area contributed by atoms with Gasteiger partial charge in [0.05, 0.1) is 6.61 Å². The Balaban J connectivity index is 3.03. The number of aliphatic hydroxyl groups is 7. The van der Waals surface area contributed by atoms with E-state index in [9.17, 15) is 35.4 Å². The first-order valence-electron chi connectivity index (χ1n) is 5.91. The molecular formula is C10H18O11. The van der Waals surface area contributed by atoms with Gasteiger partial charge in [-0.1, -0.05) is 0 Å². The maximum absolute atomic E-state index is 10.9. The average molecular weight is 314 g/mol. The minimum atomic E-state index is -2.80. The zero-order valence-corrected chi connectivity index (χ0v) is 10.6. The molecule has 11 heteroatoms. The van der Waals surface area contributed by atoms with Crippen molar-refractivity contribution in [3.63, 3.8) is 0 Å². The van der Waals surface area contributed by atoms with Crippen LogP contribution in [0.3, 0.4) is 0 Å². The van der Waals surface area contributed by atoms with Crippen molar-refractivity contribution in [1.82, 2.24) is 0 Å². The van der Waals surface area contributed by atoms with Crippen LogP contribution in [0.2, 0.25) is 0 Å². The highest BCUT2D eigenvalue weighted by molar-refractivity contribution is 5.62. The molecule has 0 aromatic rings. The van der Waals surface area contributed by atoms with Gasteiger partial charge in [-0.15, -0.1) is 0 Å². The molecule has 8 N–H and O–H groups in total. The topological polar surface area (TPSA) is 197 Å². The van der Waals surface area contributed by atoms with E-state index in [4.69, 9.17) is 15.1 Å². The first-order valence-corrected chi connectivity index (χ1v) is 5.91. The molecule has 1 aliphatic rings. The number of carbonyl (C=O) groups is 1. The third kappa shape index (κ3) is 3.22. The van der Waals surface area contributed by atoms with Crippen LogP contribution in [0.1, 0.15) is 0 Å². The van der Waals surface area contributed by atoms with Crippen LogP contribution < -0.4 is 0 Å². The summed E-state index contributed by atoms with van der Waals surface area (Å²) in [5, 5.41) is 74.8. The van der Waals surface area contributed by atoms with Gasteiger partial charge < -0.3 is 40.5 Å². The summed E-state index contributed by atoms with van der Waals surface area (Å²) in [7, 11) is 0. The number of aldehydes is 1. The van der Waals surface area contributed by atoms with E-state index in [2.05, 4.69) is 4.89 Å². The van der Waals surface area contributed by atoms with Crippen molar-refractivity contribution in [2.45, 2.75) is 48.5 Å². The third-order valence-corrected chi connectivity index (χ3v) is 3.32. The zero-order chi connectivity index (χ0) is 16.4. The van der Waals surface area contributed by atoms with Gasteiger partial charge in [-0.3, -0.25) is 4.79 Å². The Morgan fingerprint density at radius 2 is 1.76 bits per heavy atom. The van der Waals surface area contributed by atoms with Crippen LogP contribution in [0.4, 0.5) is 0 Å². The van der Waals surface area contributed by atoms with E-state index in [1.165, 1.54) is 0 Å². The van der Waals surface area contributed by atoms with Crippen LogP contribution in [-0.2, 0) is 14.4 Å². The van der Waals surface area contributed by atoms with E-state index in [0.29, 0.717) is 0 Å². The van der Waals surface area contributed by atoms with E-state index >= 15 is 0 Å². The fraction of sp³-hybridized carbons (Fsp3) is 0.900. The Morgan fingerprint density at radius 1 is 1.19 bits per heavy atom. The highest BCUT2D eigenvalue weighted by Crippen LogP contribution is 2.31. The molecule has 0 amide bonds. The van der Waals surface area contributed by atoms with Crippen molar-refractivity contribution in [2.24, 2.45) is 0 Å². The van der Waals surface area contributed by atoms with Gasteiger partial charge >= 0.3 is 0 Å². The largest absolute Gasteiger partial charge is 0.394 e. The fourth-order valence-electron chi connectivity index (χ4n) is 1.97. The maximum Gasteiger partial charge on any atom is 0.286 e. The molecule has 1 saturated heterocycles. The lowest BCUT2D eigenvalue weighted by atomic mass is 9.88. The lowest BCUT2D eigenvalue weighted by molar-refractivity contribution is -0.443. The number of hydrogen-bond acceptors (Lipinski definition) is 11. The molecular weight excluding hydrogens is 296 g/mol. The molecule has 0 spiro atoms. The second kappa shape index (κ2) is 7.02. The molecule has 1 rings (SSSR count). The van der Waals surface area contributed by atoms with E-state index in [1.807, 2.05) is 0 Å². The lowest BCUT2D eigenvalue weighted by Gasteiger charge is -2.45. The second-order valence-electron chi connectivity index (χ2n) is 4.67. The van der Waals surface area contributed by atoms with E-state index in [-0.39, 0.29) is 6.29 Å². The quantitative estimate of drug-likeness (QED) is 0.133. The molecule has 0 aromatic heterocycles. The van der Waals surface area contributed by atoms with Crippen LogP contribution in [0.5, 0.6) is 0 Å². The van der Waals surface area contributed by atoms with Crippen molar-refractivity contribution in [3.8, 4) is 0 Å². The Hall–Kier alpha value is -0.730. The molecule has 21 heavy (non-hydrogen) atoms. The number of carbonyl (C=O) groups excluding carboxylic acids is 1. The van der Waals surface area contributed by atoms with Crippen LogP contribution in [0.15, 0.2) is 0 Å². The highest BCUT2D eigenvalue weighted by atomic mass is 17.1.